The van der Waals surface area contributed by atoms with Crippen LogP contribution in [0.5, 0.6) is 0 Å². The number of carbonyl (C=O) groups excluding carboxylic acids is 4. The molecule has 3 atom stereocenters. The molecule has 2 amide bonds. The summed E-state index contributed by atoms with van der Waals surface area (Å²) in [6, 6.07) is 7.66. The zero-order valence-electron chi connectivity index (χ0n) is 25.8. The molecular weight excluding hydrogens is 601 g/mol. The molecule has 0 aromatic heterocycles. The zero-order valence-corrected chi connectivity index (χ0v) is 26.5. The summed E-state index contributed by atoms with van der Waals surface area (Å²) in [5.41, 5.74) is -2.83. The van der Waals surface area contributed by atoms with Gasteiger partial charge in [-0.3, -0.25) is 14.4 Å². The summed E-state index contributed by atoms with van der Waals surface area (Å²) >= 11 is 5.97. The van der Waals surface area contributed by atoms with E-state index in [0.717, 1.165) is 12.1 Å². The first-order chi connectivity index (χ1) is 20.2. The van der Waals surface area contributed by atoms with Crippen LogP contribution in [0, 0.1) is 16.7 Å². The Balaban J connectivity index is 1.72. The lowest BCUT2D eigenvalue weighted by molar-refractivity contribution is -0.173. The molecule has 2 aromatic rings. The van der Waals surface area contributed by atoms with Gasteiger partial charge in [0.1, 0.15) is 11.6 Å². The van der Waals surface area contributed by atoms with Gasteiger partial charge >= 0.3 is 18.1 Å². The number of amides is 2. The fourth-order valence-corrected chi connectivity index (χ4v) is 5.56. The molecule has 3 rings (SSSR count). The molecule has 8 nitrogen and oxygen atoms in total. The van der Waals surface area contributed by atoms with Crippen molar-refractivity contribution in [2.45, 2.75) is 78.6 Å². The quantitative estimate of drug-likeness (QED) is 0.316. The Bertz CT molecular complexity index is 1420. The molecule has 0 radical (unpaired) electrons. The highest BCUT2D eigenvalue weighted by atomic mass is 35.5. The van der Waals surface area contributed by atoms with E-state index in [2.05, 4.69) is 10.6 Å². The van der Waals surface area contributed by atoms with E-state index in [1.807, 2.05) is 13.8 Å². The molecule has 0 heterocycles. The number of nitrogens with one attached hydrogen (secondary N) is 2. The largest absolute Gasteiger partial charge is 0.467 e. The Morgan fingerprint density at radius 3 is 2.18 bits per heavy atom. The van der Waals surface area contributed by atoms with E-state index >= 15 is 0 Å². The van der Waals surface area contributed by atoms with Crippen molar-refractivity contribution in [3.8, 4) is 0 Å². The Kier molecular flexibility index (Phi) is 10.1. The second-order valence-corrected chi connectivity index (χ2v) is 13.2. The van der Waals surface area contributed by atoms with E-state index in [4.69, 9.17) is 21.1 Å². The summed E-state index contributed by atoms with van der Waals surface area (Å²) in [6.07, 6.45) is -3.72. The summed E-state index contributed by atoms with van der Waals surface area (Å²) in [5.74, 6) is -2.84. The van der Waals surface area contributed by atoms with E-state index in [0.29, 0.717) is 24.5 Å². The highest BCUT2D eigenvalue weighted by molar-refractivity contribution is 6.34. The Morgan fingerprint density at radius 2 is 1.64 bits per heavy atom. The molecule has 0 spiro atoms. The number of halogens is 4. The summed E-state index contributed by atoms with van der Waals surface area (Å²) in [7, 11) is 1.21. The number of anilines is 1. The lowest BCUT2D eigenvalue weighted by atomic mass is 9.65. The average molecular weight is 639 g/mol. The van der Waals surface area contributed by atoms with Crippen LogP contribution >= 0.6 is 11.6 Å². The first kappa shape index (κ1) is 34.9. The van der Waals surface area contributed by atoms with Crippen molar-refractivity contribution in [3.05, 3.63) is 64.2 Å². The molecule has 1 aliphatic carbocycles. The van der Waals surface area contributed by atoms with Gasteiger partial charge in [0.2, 0.25) is 5.91 Å². The lowest BCUT2D eigenvalue weighted by Crippen LogP contribution is -2.51. The minimum Gasteiger partial charge on any atom is -0.467 e. The molecule has 0 aliphatic heterocycles. The number of methoxy groups -OCH3 is 1. The Labute approximate surface area is 260 Å². The van der Waals surface area contributed by atoms with Crippen LogP contribution in [0.25, 0.3) is 0 Å². The van der Waals surface area contributed by atoms with Crippen molar-refractivity contribution in [1.29, 1.82) is 0 Å². The Morgan fingerprint density at radius 1 is 1.02 bits per heavy atom. The first-order valence-electron chi connectivity index (χ1n) is 14.1. The van der Waals surface area contributed by atoms with Crippen molar-refractivity contribution in [2.24, 2.45) is 16.7 Å². The van der Waals surface area contributed by atoms with Crippen molar-refractivity contribution >= 4 is 41.0 Å². The van der Waals surface area contributed by atoms with Crippen LogP contribution in [-0.2, 0) is 36.5 Å². The van der Waals surface area contributed by atoms with Gasteiger partial charge in [-0.2, -0.15) is 13.2 Å². The van der Waals surface area contributed by atoms with E-state index in [1.54, 1.807) is 39.8 Å². The van der Waals surface area contributed by atoms with Gasteiger partial charge in [0.25, 0.3) is 5.91 Å². The van der Waals surface area contributed by atoms with Crippen LogP contribution in [-0.4, -0.2) is 42.5 Å². The van der Waals surface area contributed by atoms with Crippen LogP contribution in [0.2, 0.25) is 5.02 Å². The maximum absolute atomic E-state index is 13.5. The van der Waals surface area contributed by atoms with Crippen molar-refractivity contribution in [1.82, 2.24) is 5.32 Å². The maximum Gasteiger partial charge on any atom is 0.416 e. The van der Waals surface area contributed by atoms with Gasteiger partial charge in [-0.25, -0.2) is 4.79 Å². The first-order valence-corrected chi connectivity index (χ1v) is 14.5. The fraction of sp³-hybridized carbons (Fsp3) is 0.500. The standard InChI is InChI=1S/C32H38ClF3N2O6/c1-29(2,3)44-28(42)31(6)15-14-22(30(31,4)5)26(40)38-24(27(41)43-7)16-18-8-11-20(12-9-18)37-25(39)21-17-19(32(34,35)36)10-13-23(21)33/h8-13,17,22,24H,14-16H2,1-7H3,(H,37,39)(H,38,40)/t22?,24-,31?/m0/s1. The van der Waals surface area contributed by atoms with Crippen LogP contribution in [0.15, 0.2) is 42.5 Å². The SMILES string of the molecule is COC(=O)[C@H](Cc1ccc(NC(=O)c2cc(C(F)(F)F)ccc2Cl)cc1)NC(=O)C1CCC(C)(C(=O)OC(C)(C)C)C1(C)C. The summed E-state index contributed by atoms with van der Waals surface area (Å²) < 4.78 is 49.9. The van der Waals surface area contributed by atoms with Gasteiger partial charge in [-0.1, -0.05) is 37.6 Å². The van der Waals surface area contributed by atoms with Crippen LogP contribution in [0.4, 0.5) is 18.9 Å². The van der Waals surface area contributed by atoms with Gasteiger partial charge in [0.05, 0.1) is 28.7 Å². The molecule has 2 aromatic carbocycles. The van der Waals surface area contributed by atoms with Gasteiger partial charge < -0.3 is 20.1 Å². The molecule has 1 fully saturated rings. The maximum atomic E-state index is 13.5. The van der Waals surface area contributed by atoms with Crippen molar-refractivity contribution in [2.75, 3.05) is 12.4 Å². The predicted molar refractivity (Wildman–Crippen MR) is 159 cm³/mol. The second kappa shape index (κ2) is 12.8. The molecule has 44 heavy (non-hydrogen) atoms. The summed E-state index contributed by atoms with van der Waals surface area (Å²) in [6.45, 7) is 10.9. The molecule has 2 unspecified atom stereocenters. The number of ether oxygens (including phenoxy) is 2. The number of benzene rings is 2. The zero-order chi connectivity index (χ0) is 33.3. The Hall–Kier alpha value is -3.60. The van der Waals surface area contributed by atoms with Gasteiger partial charge in [0, 0.05) is 18.0 Å². The number of esters is 2. The van der Waals surface area contributed by atoms with Crippen LogP contribution in [0.1, 0.15) is 75.9 Å². The fourth-order valence-electron chi connectivity index (χ4n) is 5.36. The summed E-state index contributed by atoms with van der Waals surface area (Å²) in [4.78, 5) is 51.9. The van der Waals surface area contributed by atoms with Crippen LogP contribution < -0.4 is 10.6 Å². The minimum absolute atomic E-state index is 0.0581. The number of alkyl halides is 3. The third-order valence-corrected chi connectivity index (χ3v) is 8.71. The van der Waals surface area contributed by atoms with E-state index in [1.165, 1.54) is 19.2 Å². The van der Waals surface area contributed by atoms with E-state index in [9.17, 15) is 32.3 Å². The molecule has 1 aliphatic rings. The van der Waals surface area contributed by atoms with Gasteiger partial charge in [-0.05, 0) is 81.8 Å². The molecule has 1 saturated carbocycles. The molecular formula is C32H38ClF3N2O6. The number of hydrogen-bond acceptors (Lipinski definition) is 6. The monoisotopic (exact) mass is 638 g/mol. The minimum atomic E-state index is -4.64. The molecule has 12 heteroatoms. The molecule has 2 N–H and O–H groups in total. The topological polar surface area (TPSA) is 111 Å². The third-order valence-electron chi connectivity index (χ3n) is 8.38. The van der Waals surface area contributed by atoms with E-state index in [-0.39, 0.29) is 34.6 Å². The number of rotatable bonds is 8. The van der Waals surface area contributed by atoms with Gasteiger partial charge in [-0.15, -0.1) is 0 Å². The van der Waals surface area contributed by atoms with E-state index < -0.39 is 52.0 Å². The van der Waals surface area contributed by atoms with Crippen molar-refractivity contribution in [3.63, 3.8) is 0 Å². The molecule has 0 bridgehead atoms. The molecule has 240 valence electrons. The number of carbonyl (C=O) groups is 4. The predicted octanol–water partition coefficient (Wildman–Crippen LogP) is 6.60. The average Bonchev–Trinajstić information content (AvgIpc) is 3.16. The van der Waals surface area contributed by atoms with Gasteiger partial charge in [0.15, 0.2) is 0 Å². The highest BCUT2D eigenvalue weighted by Gasteiger charge is 2.59. The normalized spacial score (nSPS) is 20.4. The smallest absolute Gasteiger partial charge is 0.416 e. The van der Waals surface area contributed by atoms with Crippen molar-refractivity contribution < 1.29 is 41.8 Å². The third kappa shape index (κ3) is 7.72. The molecule has 0 saturated heterocycles. The summed E-state index contributed by atoms with van der Waals surface area (Å²) in [5, 5.41) is 5.16. The number of hydrogen-bond donors (Lipinski definition) is 2. The second-order valence-electron chi connectivity index (χ2n) is 12.8. The lowest BCUT2D eigenvalue weighted by Gasteiger charge is -2.40. The highest BCUT2D eigenvalue weighted by Crippen LogP contribution is 2.57. The van der Waals surface area contributed by atoms with Crippen LogP contribution in [0.3, 0.4) is 0 Å².